The molecule has 3 heterocycles. The first kappa shape index (κ1) is 20.8. The van der Waals surface area contributed by atoms with Crippen LogP contribution < -0.4 is 0 Å². The van der Waals surface area contributed by atoms with Gasteiger partial charge in [-0.1, -0.05) is 12.8 Å². The Morgan fingerprint density at radius 2 is 1.52 bits per heavy atom. The van der Waals surface area contributed by atoms with Crippen LogP contribution in [0.25, 0.3) is 0 Å². The third kappa shape index (κ3) is 3.95. The van der Waals surface area contributed by atoms with E-state index >= 15 is 0 Å². The number of hydrogen-bond donors (Lipinski definition) is 0. The Morgan fingerprint density at radius 1 is 0.862 bits per heavy atom. The monoisotopic (exact) mass is 430 g/mol. The molecule has 29 heavy (non-hydrogen) atoms. The summed E-state index contributed by atoms with van der Waals surface area (Å²) in [5.74, 6) is -1.06. The fourth-order valence-electron chi connectivity index (χ4n) is 5.40. The summed E-state index contributed by atoms with van der Waals surface area (Å²) in [5, 5.41) is -0.105. The highest BCUT2D eigenvalue weighted by atomic mass is 32.2. The van der Waals surface area contributed by atoms with Crippen molar-refractivity contribution in [1.29, 1.82) is 0 Å². The second-order valence-electron chi connectivity index (χ2n) is 9.45. The van der Waals surface area contributed by atoms with Crippen molar-refractivity contribution < 1.29 is 32.1 Å². The zero-order chi connectivity index (χ0) is 20.1. The summed E-state index contributed by atoms with van der Waals surface area (Å²) in [6.07, 6.45) is 8.41. The average Bonchev–Trinajstić information content (AvgIpc) is 3.36. The van der Waals surface area contributed by atoms with E-state index in [1.54, 1.807) is 0 Å². The van der Waals surface area contributed by atoms with Gasteiger partial charge >= 0.3 is 0 Å². The molecule has 0 aromatic rings. The molecule has 5 rings (SSSR count). The fraction of sp³-hybridized carbons (Fsp3) is 1.00. The molecule has 6 atom stereocenters. The second-order valence-corrected chi connectivity index (χ2v) is 11.1. The molecule has 0 radical (unpaired) electrons. The van der Waals surface area contributed by atoms with E-state index in [1.807, 2.05) is 13.8 Å². The predicted octanol–water partition coefficient (Wildman–Crippen LogP) is 3.32. The van der Waals surface area contributed by atoms with Crippen molar-refractivity contribution in [2.75, 3.05) is 6.61 Å². The largest absolute Gasteiger partial charge is 0.347 e. The summed E-state index contributed by atoms with van der Waals surface area (Å²) in [6.45, 7) is 4.24. The van der Waals surface area contributed by atoms with Gasteiger partial charge in [0.25, 0.3) is 0 Å². The molecule has 166 valence electrons. The predicted molar refractivity (Wildman–Crippen MR) is 105 cm³/mol. The molecule has 5 fully saturated rings. The van der Waals surface area contributed by atoms with Crippen molar-refractivity contribution in [2.45, 2.75) is 126 Å². The molecule has 0 amide bonds. The van der Waals surface area contributed by atoms with Crippen LogP contribution in [-0.4, -0.2) is 58.3 Å². The second kappa shape index (κ2) is 8.11. The first-order chi connectivity index (χ1) is 14.0. The number of rotatable bonds is 4. The highest BCUT2D eigenvalue weighted by Crippen LogP contribution is 2.48. The van der Waals surface area contributed by atoms with Crippen molar-refractivity contribution >= 4 is 11.1 Å². The molecule has 2 aliphatic carbocycles. The minimum atomic E-state index is -1.43. The van der Waals surface area contributed by atoms with Crippen LogP contribution in [0.4, 0.5) is 0 Å². The molecule has 0 aromatic carbocycles. The lowest BCUT2D eigenvalue weighted by atomic mass is 9.94. The zero-order valence-electron chi connectivity index (χ0n) is 17.5. The van der Waals surface area contributed by atoms with Crippen molar-refractivity contribution in [3.05, 3.63) is 0 Å². The highest BCUT2D eigenvalue weighted by molar-refractivity contribution is 7.80. The number of fused-ring (bicyclic) bond motifs is 1. The third-order valence-corrected chi connectivity index (χ3v) is 8.14. The van der Waals surface area contributed by atoms with Gasteiger partial charge in [-0.15, -0.1) is 0 Å². The SMILES string of the molecule is CC(C)S(=O)O[C@@H]1[C@H]2OC3(CCCCC3)O[C@H]2O[C@@H]1[C@H]1COC2(CCCCC2)O1. The van der Waals surface area contributed by atoms with Gasteiger partial charge in [0.1, 0.15) is 24.4 Å². The third-order valence-electron chi connectivity index (χ3n) is 6.95. The molecule has 3 aliphatic heterocycles. The average molecular weight is 431 g/mol. The van der Waals surface area contributed by atoms with Crippen LogP contribution in [0.1, 0.15) is 78.1 Å². The van der Waals surface area contributed by atoms with E-state index in [9.17, 15) is 4.21 Å². The molecule has 3 saturated heterocycles. The van der Waals surface area contributed by atoms with Crippen LogP contribution in [0.5, 0.6) is 0 Å². The van der Waals surface area contributed by atoms with E-state index in [-0.39, 0.29) is 17.5 Å². The van der Waals surface area contributed by atoms with Crippen LogP contribution in [0.3, 0.4) is 0 Å². The zero-order valence-corrected chi connectivity index (χ0v) is 18.3. The van der Waals surface area contributed by atoms with Gasteiger partial charge in [0, 0.05) is 25.7 Å². The Morgan fingerprint density at radius 3 is 2.17 bits per heavy atom. The lowest BCUT2D eigenvalue weighted by Crippen LogP contribution is -2.46. The highest BCUT2D eigenvalue weighted by Gasteiger charge is 2.62. The van der Waals surface area contributed by atoms with Gasteiger partial charge in [-0.05, 0) is 39.5 Å². The molecular weight excluding hydrogens is 396 g/mol. The van der Waals surface area contributed by atoms with Gasteiger partial charge in [0.2, 0.25) is 0 Å². The van der Waals surface area contributed by atoms with Crippen LogP contribution in [0.15, 0.2) is 0 Å². The maximum Gasteiger partial charge on any atom is 0.190 e. The molecule has 7 nitrogen and oxygen atoms in total. The van der Waals surface area contributed by atoms with Crippen LogP contribution >= 0.6 is 0 Å². The first-order valence-corrected chi connectivity index (χ1v) is 12.5. The van der Waals surface area contributed by atoms with E-state index in [0.29, 0.717) is 6.61 Å². The molecule has 2 spiro atoms. The van der Waals surface area contributed by atoms with E-state index in [0.717, 1.165) is 51.4 Å². The van der Waals surface area contributed by atoms with Gasteiger partial charge in [-0.3, -0.25) is 4.18 Å². The van der Waals surface area contributed by atoms with E-state index < -0.39 is 41.2 Å². The lowest BCUT2D eigenvalue weighted by molar-refractivity contribution is -0.258. The standard InChI is InChI=1S/C21H34O7S/c1-14(2)29(22)28-17-16(15-13-23-20(25-15)9-5-3-6-10-20)24-19-18(17)26-21(27-19)11-7-4-8-12-21/h14-19H,3-13H2,1-2H3/t15-,16-,17+,18-,19-,29?/m1/s1. The lowest BCUT2D eigenvalue weighted by Gasteiger charge is -2.35. The van der Waals surface area contributed by atoms with Crippen LogP contribution in [0, 0.1) is 0 Å². The summed E-state index contributed by atoms with van der Waals surface area (Å²) in [4.78, 5) is 0. The van der Waals surface area contributed by atoms with E-state index in [1.165, 1.54) is 12.8 Å². The first-order valence-electron chi connectivity index (χ1n) is 11.4. The molecule has 0 bridgehead atoms. The van der Waals surface area contributed by atoms with Crippen LogP contribution in [0.2, 0.25) is 0 Å². The topological polar surface area (TPSA) is 72.5 Å². The Labute approximate surface area is 175 Å². The van der Waals surface area contributed by atoms with Gasteiger partial charge < -0.3 is 23.7 Å². The van der Waals surface area contributed by atoms with Crippen molar-refractivity contribution in [3.8, 4) is 0 Å². The Bertz CT molecular complexity index is 614. The smallest absolute Gasteiger partial charge is 0.190 e. The summed E-state index contributed by atoms with van der Waals surface area (Å²) < 4.78 is 50.2. The minimum absolute atomic E-state index is 0.105. The Balaban J connectivity index is 1.33. The quantitative estimate of drug-likeness (QED) is 0.677. The van der Waals surface area contributed by atoms with Crippen LogP contribution in [-0.2, 0) is 38.9 Å². The number of hydrogen-bond acceptors (Lipinski definition) is 7. The summed E-state index contributed by atoms with van der Waals surface area (Å²) in [6, 6.07) is 0. The van der Waals surface area contributed by atoms with Crippen molar-refractivity contribution in [3.63, 3.8) is 0 Å². The van der Waals surface area contributed by atoms with Gasteiger partial charge in [-0.25, -0.2) is 4.21 Å². The van der Waals surface area contributed by atoms with Gasteiger partial charge in [0.05, 0.1) is 11.9 Å². The van der Waals surface area contributed by atoms with Gasteiger partial charge in [0.15, 0.2) is 28.9 Å². The minimum Gasteiger partial charge on any atom is -0.347 e. The van der Waals surface area contributed by atoms with E-state index in [2.05, 4.69) is 0 Å². The molecule has 2 saturated carbocycles. The number of ether oxygens (including phenoxy) is 5. The maximum absolute atomic E-state index is 12.6. The molecule has 5 aliphatic rings. The van der Waals surface area contributed by atoms with Gasteiger partial charge in [-0.2, -0.15) is 0 Å². The molecule has 0 aromatic heterocycles. The maximum atomic E-state index is 12.6. The van der Waals surface area contributed by atoms with Crippen molar-refractivity contribution in [2.24, 2.45) is 0 Å². The summed E-state index contributed by atoms with van der Waals surface area (Å²) >= 11 is -1.43. The summed E-state index contributed by atoms with van der Waals surface area (Å²) in [7, 11) is 0. The molecule has 1 unspecified atom stereocenters. The van der Waals surface area contributed by atoms with E-state index in [4.69, 9.17) is 27.9 Å². The molecular formula is C21H34O7S. The Hall–Kier alpha value is -0.0900. The summed E-state index contributed by atoms with van der Waals surface area (Å²) in [5.41, 5.74) is 0. The normalized spacial score (nSPS) is 42.0. The fourth-order valence-corrected chi connectivity index (χ4v) is 6.06. The molecule has 0 N–H and O–H groups in total. The Kier molecular flexibility index (Phi) is 5.82. The molecule has 8 heteroatoms. The van der Waals surface area contributed by atoms with Crippen molar-refractivity contribution in [1.82, 2.24) is 0 Å².